The number of anilines is 1. The second-order valence-corrected chi connectivity index (χ2v) is 8.01. The van der Waals surface area contributed by atoms with Crippen LogP contribution in [0.5, 0.6) is 0 Å². The number of hydrogen-bond acceptors (Lipinski definition) is 5. The van der Waals surface area contributed by atoms with Crippen molar-refractivity contribution in [2.45, 2.75) is 43.4 Å². The average Bonchev–Trinajstić information content (AvgIpc) is 3.24. The fourth-order valence-corrected chi connectivity index (χ4v) is 4.94. The van der Waals surface area contributed by atoms with E-state index in [1.54, 1.807) is 11.8 Å². The zero-order chi connectivity index (χ0) is 15.7. The maximum absolute atomic E-state index is 5.62. The van der Waals surface area contributed by atoms with Crippen molar-refractivity contribution in [3.8, 4) is 0 Å². The molecule has 0 atom stereocenters. The van der Waals surface area contributed by atoms with E-state index in [0.29, 0.717) is 12.0 Å². The highest BCUT2D eigenvalue weighted by Crippen LogP contribution is 2.46. The van der Waals surface area contributed by atoms with Gasteiger partial charge in [0.15, 0.2) is 5.65 Å². The molecule has 5 nitrogen and oxygen atoms in total. The maximum atomic E-state index is 5.62. The standard InChI is InChI=1S/C17H25N5S/c18-7-12-23-14-13-20-16(22-11-8-19-15(14)22)21-9-5-17(6-10-21)3-1-2-4-17/h8,11,13H,1-7,9-10,12,18H2. The molecule has 23 heavy (non-hydrogen) atoms. The Morgan fingerprint density at radius 1 is 1.13 bits per heavy atom. The van der Waals surface area contributed by atoms with Crippen LogP contribution in [0.2, 0.25) is 0 Å². The molecule has 2 aromatic heterocycles. The summed E-state index contributed by atoms with van der Waals surface area (Å²) in [5.74, 6) is 1.94. The molecule has 4 rings (SSSR count). The van der Waals surface area contributed by atoms with Gasteiger partial charge in [0.05, 0.1) is 4.90 Å². The first-order valence-electron chi connectivity index (χ1n) is 8.71. The van der Waals surface area contributed by atoms with Crippen molar-refractivity contribution >= 4 is 23.4 Å². The Balaban J connectivity index is 1.56. The van der Waals surface area contributed by atoms with E-state index in [9.17, 15) is 0 Å². The number of nitrogens with two attached hydrogens (primary N) is 1. The second kappa shape index (κ2) is 6.32. The van der Waals surface area contributed by atoms with E-state index in [1.165, 1.54) is 38.5 Å². The molecule has 0 unspecified atom stereocenters. The molecular formula is C17H25N5S. The minimum atomic E-state index is 0.640. The van der Waals surface area contributed by atoms with E-state index >= 15 is 0 Å². The number of fused-ring (bicyclic) bond motifs is 1. The van der Waals surface area contributed by atoms with Crippen molar-refractivity contribution in [3.63, 3.8) is 0 Å². The molecule has 0 aromatic carbocycles. The van der Waals surface area contributed by atoms with Crippen LogP contribution < -0.4 is 10.6 Å². The summed E-state index contributed by atoms with van der Waals surface area (Å²) in [6, 6.07) is 0. The Kier molecular flexibility index (Phi) is 4.20. The van der Waals surface area contributed by atoms with Gasteiger partial charge in [-0.05, 0) is 31.1 Å². The third kappa shape index (κ3) is 2.83. The highest BCUT2D eigenvalue weighted by Gasteiger charge is 2.37. The quantitative estimate of drug-likeness (QED) is 0.873. The van der Waals surface area contributed by atoms with Crippen molar-refractivity contribution < 1.29 is 0 Å². The number of thioether (sulfide) groups is 1. The van der Waals surface area contributed by atoms with Crippen LogP contribution in [0.3, 0.4) is 0 Å². The van der Waals surface area contributed by atoms with Gasteiger partial charge in [0, 0.05) is 44.0 Å². The van der Waals surface area contributed by atoms with Crippen LogP contribution in [0.1, 0.15) is 38.5 Å². The summed E-state index contributed by atoms with van der Waals surface area (Å²) in [4.78, 5) is 12.8. The molecule has 1 aliphatic carbocycles. The summed E-state index contributed by atoms with van der Waals surface area (Å²) in [5.41, 5.74) is 7.27. The Morgan fingerprint density at radius 2 is 1.91 bits per heavy atom. The molecule has 0 bridgehead atoms. The average molecular weight is 331 g/mol. The van der Waals surface area contributed by atoms with Gasteiger partial charge in [0.2, 0.25) is 5.95 Å². The number of imidazole rings is 1. The van der Waals surface area contributed by atoms with Crippen LogP contribution in [0.25, 0.3) is 5.65 Å². The predicted octanol–water partition coefficient (Wildman–Crippen LogP) is 2.94. The smallest absolute Gasteiger partial charge is 0.211 e. The summed E-state index contributed by atoms with van der Waals surface area (Å²) in [6.45, 7) is 2.92. The van der Waals surface area contributed by atoms with Gasteiger partial charge >= 0.3 is 0 Å². The largest absolute Gasteiger partial charge is 0.342 e. The first-order valence-corrected chi connectivity index (χ1v) is 9.70. The van der Waals surface area contributed by atoms with Gasteiger partial charge in [-0.1, -0.05) is 12.8 Å². The maximum Gasteiger partial charge on any atom is 0.211 e. The molecule has 0 amide bonds. The molecule has 2 N–H and O–H groups in total. The molecule has 0 radical (unpaired) electrons. The van der Waals surface area contributed by atoms with E-state index < -0.39 is 0 Å². The van der Waals surface area contributed by atoms with E-state index in [-0.39, 0.29) is 0 Å². The second-order valence-electron chi connectivity index (χ2n) is 6.87. The van der Waals surface area contributed by atoms with Crippen LogP contribution in [-0.4, -0.2) is 39.8 Å². The molecule has 2 fully saturated rings. The lowest BCUT2D eigenvalue weighted by Gasteiger charge is -2.39. The highest BCUT2D eigenvalue weighted by atomic mass is 32.2. The first-order chi connectivity index (χ1) is 11.3. The lowest BCUT2D eigenvalue weighted by molar-refractivity contribution is 0.225. The van der Waals surface area contributed by atoms with Gasteiger partial charge < -0.3 is 10.6 Å². The number of piperidine rings is 1. The van der Waals surface area contributed by atoms with Gasteiger partial charge in [-0.3, -0.25) is 4.40 Å². The van der Waals surface area contributed by atoms with E-state index in [0.717, 1.165) is 35.3 Å². The van der Waals surface area contributed by atoms with Crippen molar-refractivity contribution in [3.05, 3.63) is 18.6 Å². The van der Waals surface area contributed by atoms with Crippen LogP contribution in [0.15, 0.2) is 23.5 Å². The SMILES string of the molecule is NCCSc1cnc(N2CCC3(CCCC3)CC2)n2ccnc12. The third-order valence-corrected chi connectivity index (χ3v) is 6.56. The Labute approximate surface area is 141 Å². The fraction of sp³-hybridized carbons (Fsp3) is 0.647. The van der Waals surface area contributed by atoms with E-state index in [2.05, 4.69) is 14.3 Å². The predicted molar refractivity (Wildman–Crippen MR) is 95.1 cm³/mol. The fourth-order valence-electron chi connectivity index (χ4n) is 4.19. The lowest BCUT2D eigenvalue weighted by Crippen LogP contribution is -2.40. The van der Waals surface area contributed by atoms with Crippen LogP contribution >= 0.6 is 11.8 Å². The van der Waals surface area contributed by atoms with Crippen molar-refractivity contribution in [1.29, 1.82) is 0 Å². The number of nitrogens with zero attached hydrogens (tertiary/aromatic N) is 4. The topological polar surface area (TPSA) is 59.5 Å². The van der Waals surface area contributed by atoms with Gasteiger partial charge in [-0.25, -0.2) is 9.97 Å². The lowest BCUT2D eigenvalue weighted by atomic mass is 9.77. The number of aromatic nitrogens is 3. The minimum absolute atomic E-state index is 0.640. The van der Waals surface area contributed by atoms with Gasteiger partial charge in [0.1, 0.15) is 0 Å². The molecule has 6 heteroatoms. The molecule has 3 heterocycles. The molecule has 1 saturated heterocycles. The number of rotatable bonds is 4. The van der Waals surface area contributed by atoms with Gasteiger partial charge in [-0.15, -0.1) is 11.8 Å². The van der Waals surface area contributed by atoms with Crippen molar-refractivity contribution in [2.75, 3.05) is 30.3 Å². The van der Waals surface area contributed by atoms with Gasteiger partial charge in [0.25, 0.3) is 0 Å². The molecule has 1 saturated carbocycles. The Morgan fingerprint density at radius 3 is 2.65 bits per heavy atom. The molecule has 1 aliphatic heterocycles. The summed E-state index contributed by atoms with van der Waals surface area (Å²) >= 11 is 1.74. The van der Waals surface area contributed by atoms with E-state index in [4.69, 9.17) is 10.7 Å². The van der Waals surface area contributed by atoms with Crippen LogP contribution in [0, 0.1) is 5.41 Å². The highest BCUT2D eigenvalue weighted by molar-refractivity contribution is 7.99. The Bertz CT molecular complexity index is 667. The van der Waals surface area contributed by atoms with Crippen molar-refractivity contribution in [2.24, 2.45) is 11.1 Å². The summed E-state index contributed by atoms with van der Waals surface area (Å²) in [5, 5.41) is 0. The molecule has 1 spiro atoms. The van der Waals surface area contributed by atoms with Crippen molar-refractivity contribution in [1.82, 2.24) is 14.4 Å². The zero-order valence-corrected chi connectivity index (χ0v) is 14.4. The molecule has 124 valence electrons. The summed E-state index contributed by atoms with van der Waals surface area (Å²) < 4.78 is 2.14. The van der Waals surface area contributed by atoms with Gasteiger partial charge in [-0.2, -0.15) is 0 Å². The van der Waals surface area contributed by atoms with Crippen LogP contribution in [-0.2, 0) is 0 Å². The first kappa shape index (κ1) is 15.3. The molecule has 2 aromatic rings. The van der Waals surface area contributed by atoms with Crippen LogP contribution in [0.4, 0.5) is 5.95 Å². The monoisotopic (exact) mass is 331 g/mol. The zero-order valence-electron chi connectivity index (χ0n) is 13.6. The molecular weight excluding hydrogens is 306 g/mol. The summed E-state index contributed by atoms with van der Waals surface area (Å²) in [6.07, 6.45) is 14.2. The third-order valence-electron chi connectivity index (χ3n) is 5.52. The summed E-state index contributed by atoms with van der Waals surface area (Å²) in [7, 11) is 0. The number of hydrogen-bond donors (Lipinski definition) is 1. The minimum Gasteiger partial charge on any atom is -0.342 e. The Hall–Kier alpha value is -1.27. The van der Waals surface area contributed by atoms with E-state index in [1.807, 2.05) is 18.6 Å². The normalized spacial score (nSPS) is 20.7. The molecule has 2 aliphatic rings.